The predicted octanol–water partition coefficient (Wildman–Crippen LogP) is 3.29. The van der Waals surface area contributed by atoms with Gasteiger partial charge in [0.25, 0.3) is 5.91 Å². The molecule has 168 valence electrons. The Bertz CT molecular complexity index is 1030. The lowest BCUT2D eigenvalue weighted by molar-refractivity contribution is -0.0440. The Morgan fingerprint density at radius 2 is 1.74 bits per heavy atom. The smallest absolute Gasteiger partial charge is 0.251 e. The summed E-state index contributed by atoms with van der Waals surface area (Å²) in [6.45, 7) is 8.20. The van der Waals surface area contributed by atoms with E-state index in [4.69, 9.17) is 9.47 Å². The maximum atomic E-state index is 13.0. The van der Waals surface area contributed by atoms with Crippen molar-refractivity contribution in [3.05, 3.63) is 59.2 Å². The number of hydrogen-bond acceptors (Lipinski definition) is 5. The summed E-state index contributed by atoms with van der Waals surface area (Å²) in [7, 11) is -2.05. The summed E-state index contributed by atoms with van der Waals surface area (Å²) in [4.78, 5) is 12.9. The molecule has 7 nitrogen and oxygen atoms in total. The van der Waals surface area contributed by atoms with Crippen molar-refractivity contribution in [1.82, 2.24) is 9.62 Å². The summed E-state index contributed by atoms with van der Waals surface area (Å²) >= 11 is 0. The molecule has 31 heavy (non-hydrogen) atoms. The first-order chi connectivity index (χ1) is 14.6. The van der Waals surface area contributed by atoms with Crippen LogP contribution in [0.1, 0.15) is 48.3 Å². The highest BCUT2D eigenvalue weighted by atomic mass is 32.2. The molecule has 1 fully saturated rings. The number of nitrogens with one attached hydrogen (secondary N) is 1. The van der Waals surface area contributed by atoms with Gasteiger partial charge in [-0.2, -0.15) is 4.31 Å². The van der Waals surface area contributed by atoms with Gasteiger partial charge >= 0.3 is 0 Å². The van der Waals surface area contributed by atoms with E-state index in [9.17, 15) is 13.2 Å². The summed E-state index contributed by atoms with van der Waals surface area (Å²) < 4.78 is 38.4. The van der Waals surface area contributed by atoms with Gasteiger partial charge in [-0.25, -0.2) is 8.42 Å². The van der Waals surface area contributed by atoms with Crippen LogP contribution in [0.5, 0.6) is 5.75 Å². The van der Waals surface area contributed by atoms with Gasteiger partial charge in [0.2, 0.25) is 10.0 Å². The Balaban J connectivity index is 1.74. The Morgan fingerprint density at radius 1 is 1.13 bits per heavy atom. The van der Waals surface area contributed by atoms with Gasteiger partial charge in [0, 0.05) is 24.2 Å². The highest BCUT2D eigenvalue weighted by Crippen LogP contribution is 2.27. The van der Waals surface area contributed by atoms with Crippen LogP contribution in [-0.4, -0.2) is 51.0 Å². The molecule has 3 rings (SSSR count). The molecule has 2 aromatic rings. The highest BCUT2D eigenvalue weighted by Gasteiger charge is 2.32. The van der Waals surface area contributed by atoms with Crippen molar-refractivity contribution < 1.29 is 22.7 Å². The summed E-state index contributed by atoms with van der Waals surface area (Å²) in [6.07, 6.45) is -0.327. The lowest BCUT2D eigenvalue weighted by Crippen LogP contribution is -2.48. The van der Waals surface area contributed by atoms with Gasteiger partial charge in [-0.15, -0.1) is 0 Å². The Morgan fingerprint density at radius 3 is 2.32 bits per heavy atom. The molecule has 0 saturated carbocycles. The van der Waals surface area contributed by atoms with E-state index in [1.807, 2.05) is 45.9 Å². The van der Waals surface area contributed by atoms with Crippen molar-refractivity contribution in [2.45, 2.75) is 50.8 Å². The summed E-state index contributed by atoms with van der Waals surface area (Å²) in [6, 6.07) is 11.6. The fourth-order valence-corrected chi connectivity index (χ4v) is 5.39. The molecular weight excluding hydrogens is 416 g/mol. The number of carbonyl (C=O) groups is 1. The Kier molecular flexibility index (Phi) is 7.03. The van der Waals surface area contributed by atoms with Crippen molar-refractivity contribution in [3.63, 3.8) is 0 Å². The lowest BCUT2D eigenvalue weighted by Gasteiger charge is -2.34. The van der Waals surface area contributed by atoms with E-state index in [2.05, 4.69) is 5.32 Å². The molecule has 1 aliphatic rings. The number of morpholine rings is 1. The second-order valence-electron chi connectivity index (χ2n) is 8.04. The zero-order valence-corrected chi connectivity index (χ0v) is 19.4. The van der Waals surface area contributed by atoms with Gasteiger partial charge in [0.15, 0.2) is 0 Å². The zero-order chi connectivity index (χ0) is 22.8. The van der Waals surface area contributed by atoms with E-state index >= 15 is 0 Å². The van der Waals surface area contributed by atoms with Crippen molar-refractivity contribution in [3.8, 4) is 5.75 Å². The van der Waals surface area contributed by atoms with E-state index < -0.39 is 10.0 Å². The largest absolute Gasteiger partial charge is 0.496 e. The first kappa shape index (κ1) is 23.2. The van der Waals surface area contributed by atoms with Crippen LogP contribution < -0.4 is 10.1 Å². The van der Waals surface area contributed by atoms with Gasteiger partial charge in [-0.1, -0.05) is 17.7 Å². The minimum absolute atomic E-state index is 0.163. The molecule has 1 saturated heterocycles. The first-order valence-electron chi connectivity index (χ1n) is 10.3. The van der Waals surface area contributed by atoms with Crippen molar-refractivity contribution in [1.29, 1.82) is 0 Å². The number of carbonyl (C=O) groups excluding carboxylic acids is 1. The van der Waals surface area contributed by atoms with Gasteiger partial charge in [0.05, 0.1) is 30.3 Å². The van der Waals surface area contributed by atoms with Crippen LogP contribution >= 0.6 is 0 Å². The van der Waals surface area contributed by atoms with Crippen LogP contribution in [0.25, 0.3) is 0 Å². The summed E-state index contributed by atoms with van der Waals surface area (Å²) in [5, 5.41) is 2.95. The summed E-state index contributed by atoms with van der Waals surface area (Å²) in [5.74, 6) is 0.419. The van der Waals surface area contributed by atoms with Crippen molar-refractivity contribution in [2.75, 3.05) is 20.2 Å². The van der Waals surface area contributed by atoms with Gasteiger partial charge in [0.1, 0.15) is 5.75 Å². The molecule has 3 atom stereocenters. The third-order valence-electron chi connectivity index (χ3n) is 5.34. The number of ether oxygens (including phenoxy) is 2. The molecule has 0 radical (unpaired) electrons. The standard InChI is InChI=1S/C23H30N2O5S/c1-15-6-11-22(29-5)21(12-15)18(4)24-23(26)19-7-9-20(10-8-19)31(27,28)25-13-16(2)30-17(3)14-25/h6-12,16-18H,13-14H2,1-5H3,(H,24,26). The molecule has 1 amide bonds. The molecule has 0 bridgehead atoms. The van der Waals surface area contributed by atoms with Gasteiger partial charge in [-0.3, -0.25) is 4.79 Å². The molecule has 0 aromatic heterocycles. The Hall–Kier alpha value is -2.42. The van der Waals surface area contributed by atoms with Crippen molar-refractivity contribution in [2.24, 2.45) is 0 Å². The minimum Gasteiger partial charge on any atom is -0.496 e. The number of amides is 1. The maximum Gasteiger partial charge on any atom is 0.251 e. The first-order valence-corrected chi connectivity index (χ1v) is 11.8. The monoisotopic (exact) mass is 446 g/mol. The Labute approximate surface area is 184 Å². The van der Waals surface area contributed by atoms with Crippen LogP contribution in [0, 0.1) is 6.92 Å². The summed E-state index contributed by atoms with van der Waals surface area (Å²) in [5.41, 5.74) is 2.34. The fraction of sp³-hybridized carbons (Fsp3) is 0.435. The fourth-order valence-electron chi connectivity index (χ4n) is 3.80. The molecule has 3 unspecified atom stereocenters. The third-order valence-corrected chi connectivity index (χ3v) is 7.19. The van der Waals surface area contributed by atoms with Crippen LogP contribution in [0.4, 0.5) is 0 Å². The number of sulfonamides is 1. The van der Waals surface area contributed by atoms with Crippen LogP contribution in [-0.2, 0) is 14.8 Å². The van der Waals surface area contributed by atoms with Gasteiger partial charge < -0.3 is 14.8 Å². The third kappa shape index (κ3) is 5.26. The van der Waals surface area contributed by atoms with E-state index in [1.165, 1.54) is 28.6 Å². The minimum atomic E-state index is -3.65. The average Bonchev–Trinajstić information content (AvgIpc) is 2.73. The van der Waals surface area contributed by atoms with Crippen LogP contribution in [0.15, 0.2) is 47.4 Å². The number of nitrogens with zero attached hydrogens (tertiary/aromatic N) is 1. The normalized spacial score (nSPS) is 20.8. The lowest BCUT2D eigenvalue weighted by atomic mass is 10.0. The topological polar surface area (TPSA) is 84.9 Å². The van der Waals surface area contributed by atoms with Gasteiger partial charge in [-0.05, 0) is 58.0 Å². The van der Waals surface area contributed by atoms with E-state index in [1.54, 1.807) is 7.11 Å². The molecule has 2 aromatic carbocycles. The second-order valence-corrected chi connectivity index (χ2v) is 9.98. The quantitative estimate of drug-likeness (QED) is 0.736. The number of benzene rings is 2. The number of rotatable bonds is 6. The predicted molar refractivity (Wildman–Crippen MR) is 119 cm³/mol. The maximum absolute atomic E-state index is 13.0. The van der Waals surface area contributed by atoms with Crippen LogP contribution in [0.2, 0.25) is 0 Å². The highest BCUT2D eigenvalue weighted by molar-refractivity contribution is 7.89. The van der Waals surface area contributed by atoms with E-state index in [0.29, 0.717) is 24.4 Å². The number of methoxy groups -OCH3 is 1. The van der Waals surface area contributed by atoms with Crippen molar-refractivity contribution >= 4 is 15.9 Å². The molecule has 8 heteroatoms. The molecular formula is C23H30N2O5S. The average molecular weight is 447 g/mol. The number of aryl methyl sites for hydroxylation is 1. The second kappa shape index (κ2) is 9.38. The van der Waals surface area contributed by atoms with Crippen LogP contribution in [0.3, 0.4) is 0 Å². The number of hydrogen-bond donors (Lipinski definition) is 1. The molecule has 1 heterocycles. The molecule has 0 spiro atoms. The SMILES string of the molecule is COc1ccc(C)cc1C(C)NC(=O)c1ccc(S(=O)(=O)N2CC(C)OC(C)C2)cc1. The zero-order valence-electron chi connectivity index (χ0n) is 18.6. The molecule has 1 aliphatic heterocycles. The molecule has 0 aliphatic carbocycles. The van der Waals surface area contributed by atoms with E-state index in [0.717, 1.165) is 11.1 Å². The molecule has 1 N–H and O–H groups in total. The van der Waals surface area contributed by atoms with E-state index in [-0.39, 0.29) is 29.1 Å².